The fraction of sp³-hybridized carbons (Fsp3) is 0.190. The number of aryl methyl sites for hydroxylation is 1. The first-order valence-electron chi connectivity index (χ1n) is 9.05. The van der Waals surface area contributed by atoms with Gasteiger partial charge < -0.3 is 15.5 Å². The van der Waals surface area contributed by atoms with Gasteiger partial charge in [0.25, 0.3) is 0 Å². The first-order chi connectivity index (χ1) is 13.8. The van der Waals surface area contributed by atoms with Gasteiger partial charge in [-0.25, -0.2) is 4.98 Å². The first kappa shape index (κ1) is 17.6. The van der Waals surface area contributed by atoms with Crippen molar-refractivity contribution in [3.05, 3.63) is 54.3 Å². The van der Waals surface area contributed by atoms with Gasteiger partial charge in [-0.05, 0) is 30.5 Å². The topological polar surface area (TPSA) is 94.8 Å². The van der Waals surface area contributed by atoms with Crippen LogP contribution in [0.3, 0.4) is 0 Å². The Morgan fingerprint density at radius 3 is 2.71 bits per heavy atom. The number of anilines is 2. The number of rotatable bonds is 7. The van der Waals surface area contributed by atoms with Crippen LogP contribution in [0.5, 0.6) is 0 Å². The normalized spacial score (nSPS) is 10.8. The number of benzene rings is 1. The third-order valence-corrected chi connectivity index (χ3v) is 4.38. The molecule has 0 atom stereocenters. The van der Waals surface area contributed by atoms with Crippen LogP contribution in [0, 0.1) is 12.3 Å². The average molecular weight is 372 g/mol. The van der Waals surface area contributed by atoms with Crippen LogP contribution in [-0.2, 0) is 13.0 Å². The number of furan rings is 1. The highest BCUT2D eigenvalue weighted by molar-refractivity contribution is 5.86. The zero-order valence-electron chi connectivity index (χ0n) is 15.3. The molecule has 3 heterocycles. The number of nitrogens with zero attached hydrogens (tertiary/aromatic N) is 4. The maximum Gasteiger partial charge on any atom is 0.226 e. The minimum atomic E-state index is 0.302. The summed E-state index contributed by atoms with van der Waals surface area (Å²) >= 11 is 0. The molecule has 0 fully saturated rings. The van der Waals surface area contributed by atoms with Gasteiger partial charge in [0.1, 0.15) is 0 Å². The van der Waals surface area contributed by atoms with Crippen LogP contribution in [0.2, 0.25) is 0 Å². The van der Waals surface area contributed by atoms with E-state index >= 15 is 0 Å². The summed E-state index contributed by atoms with van der Waals surface area (Å²) in [5.41, 5.74) is 8.53. The molecule has 0 saturated carbocycles. The Bertz CT molecular complexity index is 1110. The minimum absolute atomic E-state index is 0.302. The zero-order chi connectivity index (χ0) is 19.3. The molecule has 0 aliphatic heterocycles. The van der Waals surface area contributed by atoms with E-state index in [4.69, 9.17) is 16.6 Å². The molecule has 3 aromatic heterocycles. The fourth-order valence-corrected chi connectivity index (χ4v) is 3.07. The average Bonchev–Trinajstić information content (AvgIpc) is 3.35. The van der Waals surface area contributed by atoms with Crippen molar-refractivity contribution in [3.8, 4) is 23.9 Å². The van der Waals surface area contributed by atoms with Gasteiger partial charge >= 0.3 is 0 Å². The summed E-state index contributed by atoms with van der Waals surface area (Å²) in [6.07, 6.45) is 9.06. The van der Waals surface area contributed by atoms with Crippen molar-refractivity contribution in [1.29, 1.82) is 0 Å². The summed E-state index contributed by atoms with van der Waals surface area (Å²) < 4.78 is 7.28. The molecular weight excluding hydrogens is 352 g/mol. The van der Waals surface area contributed by atoms with Gasteiger partial charge in [-0.3, -0.25) is 4.57 Å². The number of aromatic nitrogens is 4. The molecule has 4 rings (SSSR count). The summed E-state index contributed by atoms with van der Waals surface area (Å²) in [6, 6.07) is 14.0. The number of nitrogens with one attached hydrogen (secondary N) is 1. The molecule has 0 aliphatic carbocycles. The summed E-state index contributed by atoms with van der Waals surface area (Å²) in [5, 5.41) is 3.24. The molecule has 3 N–H and O–H groups in total. The molecule has 4 aromatic rings. The Kier molecular flexibility index (Phi) is 4.93. The lowest BCUT2D eigenvalue weighted by Crippen LogP contribution is -2.09. The van der Waals surface area contributed by atoms with Gasteiger partial charge in [-0.15, -0.1) is 6.42 Å². The van der Waals surface area contributed by atoms with Crippen LogP contribution in [0.1, 0.15) is 12.0 Å². The molecule has 0 saturated heterocycles. The number of hydrogen-bond acceptors (Lipinski definition) is 6. The Hall–Kier alpha value is -3.79. The zero-order valence-corrected chi connectivity index (χ0v) is 15.3. The second-order valence-corrected chi connectivity index (χ2v) is 6.32. The van der Waals surface area contributed by atoms with E-state index in [9.17, 15) is 0 Å². The fourth-order valence-electron chi connectivity index (χ4n) is 3.07. The van der Waals surface area contributed by atoms with E-state index in [1.807, 2.05) is 24.3 Å². The highest BCUT2D eigenvalue weighted by Gasteiger charge is 2.18. The molecule has 0 amide bonds. The quantitative estimate of drug-likeness (QED) is 0.382. The van der Waals surface area contributed by atoms with Crippen molar-refractivity contribution in [3.63, 3.8) is 0 Å². The monoisotopic (exact) mass is 372 g/mol. The van der Waals surface area contributed by atoms with Crippen molar-refractivity contribution in [2.24, 2.45) is 0 Å². The molecule has 0 radical (unpaired) electrons. The van der Waals surface area contributed by atoms with E-state index in [0.29, 0.717) is 41.1 Å². The number of fused-ring (bicyclic) bond motifs is 1. The first-order valence-corrected chi connectivity index (χ1v) is 9.05. The van der Waals surface area contributed by atoms with Gasteiger partial charge in [0.05, 0.1) is 12.8 Å². The molecule has 1 aromatic carbocycles. The van der Waals surface area contributed by atoms with E-state index in [1.165, 1.54) is 5.56 Å². The summed E-state index contributed by atoms with van der Waals surface area (Å²) in [4.78, 5) is 13.5. The molecule has 0 unspecified atom stereocenters. The van der Waals surface area contributed by atoms with E-state index < -0.39 is 0 Å². The highest BCUT2D eigenvalue weighted by Crippen LogP contribution is 2.27. The number of terminal acetylenes is 1. The van der Waals surface area contributed by atoms with Crippen LogP contribution in [0.4, 0.5) is 11.8 Å². The number of nitrogens with two attached hydrogens (primary N) is 1. The Morgan fingerprint density at radius 2 is 1.96 bits per heavy atom. The maximum atomic E-state index is 6.13. The van der Waals surface area contributed by atoms with Gasteiger partial charge in [0, 0.05) is 6.54 Å². The van der Waals surface area contributed by atoms with Crippen LogP contribution < -0.4 is 11.1 Å². The predicted molar refractivity (Wildman–Crippen MR) is 110 cm³/mol. The molecule has 0 spiro atoms. The largest absolute Gasteiger partial charge is 0.461 e. The molecule has 0 aliphatic rings. The lowest BCUT2D eigenvalue weighted by molar-refractivity contribution is 0.573. The minimum Gasteiger partial charge on any atom is -0.461 e. The van der Waals surface area contributed by atoms with Crippen molar-refractivity contribution < 1.29 is 4.42 Å². The Labute approximate surface area is 162 Å². The molecule has 7 heteroatoms. The molecule has 7 nitrogen and oxygen atoms in total. The number of imidazole rings is 1. The number of hydrogen-bond donors (Lipinski definition) is 2. The second-order valence-electron chi connectivity index (χ2n) is 6.32. The molecular formula is C21H20N6O. The summed E-state index contributed by atoms with van der Waals surface area (Å²) in [5.74, 6) is 4.58. The molecule has 140 valence electrons. The van der Waals surface area contributed by atoms with Crippen molar-refractivity contribution in [2.45, 2.75) is 19.4 Å². The van der Waals surface area contributed by atoms with Gasteiger partial charge in [-0.2, -0.15) is 9.97 Å². The number of nitrogen functional groups attached to an aromatic ring is 1. The maximum absolute atomic E-state index is 6.13. The van der Waals surface area contributed by atoms with Crippen molar-refractivity contribution >= 4 is 22.9 Å². The van der Waals surface area contributed by atoms with E-state index in [-0.39, 0.29) is 0 Å². The highest BCUT2D eigenvalue weighted by atomic mass is 16.3. The van der Waals surface area contributed by atoms with Crippen LogP contribution >= 0.6 is 0 Å². The van der Waals surface area contributed by atoms with E-state index in [1.54, 1.807) is 16.9 Å². The Morgan fingerprint density at radius 1 is 1.11 bits per heavy atom. The van der Waals surface area contributed by atoms with Crippen LogP contribution in [0.25, 0.3) is 22.7 Å². The third-order valence-electron chi connectivity index (χ3n) is 4.38. The standard InChI is InChI=1S/C21H20N6O/c1-2-13-27-19(16-11-7-14-28-16)24-17-18(22)25-21(26-20(17)27)23-12-6-10-15-8-4-3-5-9-15/h1,3-5,7-9,11,14H,6,10,12-13H2,(H3,22,23,25,26). The third kappa shape index (κ3) is 3.53. The van der Waals surface area contributed by atoms with Crippen molar-refractivity contribution in [1.82, 2.24) is 19.5 Å². The van der Waals surface area contributed by atoms with E-state index in [0.717, 1.165) is 19.4 Å². The van der Waals surface area contributed by atoms with Gasteiger partial charge in [0.2, 0.25) is 5.95 Å². The lowest BCUT2D eigenvalue weighted by Gasteiger charge is -2.07. The SMILES string of the molecule is C#CCn1c(-c2ccco2)nc2c(N)nc(NCCCc3ccccc3)nc21. The molecule has 28 heavy (non-hydrogen) atoms. The predicted octanol–water partition coefficient (Wildman–Crippen LogP) is 3.35. The van der Waals surface area contributed by atoms with Crippen molar-refractivity contribution in [2.75, 3.05) is 17.6 Å². The smallest absolute Gasteiger partial charge is 0.226 e. The van der Waals surface area contributed by atoms with Gasteiger partial charge in [-0.1, -0.05) is 36.3 Å². The van der Waals surface area contributed by atoms with E-state index in [2.05, 4.69) is 38.3 Å². The van der Waals surface area contributed by atoms with Crippen LogP contribution in [0.15, 0.2) is 53.1 Å². The Balaban J connectivity index is 1.57. The van der Waals surface area contributed by atoms with Gasteiger partial charge in [0.15, 0.2) is 28.6 Å². The lowest BCUT2D eigenvalue weighted by atomic mass is 10.1. The van der Waals surface area contributed by atoms with Crippen LogP contribution in [-0.4, -0.2) is 26.1 Å². The second kappa shape index (κ2) is 7.84. The summed E-state index contributed by atoms with van der Waals surface area (Å²) in [6.45, 7) is 1.03. The molecule has 0 bridgehead atoms. The summed E-state index contributed by atoms with van der Waals surface area (Å²) in [7, 11) is 0.